The topological polar surface area (TPSA) is 0 Å². The van der Waals surface area contributed by atoms with Crippen molar-refractivity contribution in [3.63, 3.8) is 0 Å². The van der Waals surface area contributed by atoms with Crippen LogP contribution in [0.4, 0.5) is 0 Å². The minimum atomic E-state index is 0.724. The van der Waals surface area contributed by atoms with Crippen molar-refractivity contribution in [3.8, 4) is 0 Å². The fourth-order valence-corrected chi connectivity index (χ4v) is 3.45. The van der Waals surface area contributed by atoms with Crippen LogP contribution in [0.15, 0.2) is 24.3 Å². The Balaban J connectivity index is 2.72. The first-order valence-electron chi connectivity index (χ1n) is 7.06. The lowest BCUT2D eigenvalue weighted by Crippen LogP contribution is -2.27. The molecule has 3 unspecified atom stereocenters. The summed E-state index contributed by atoms with van der Waals surface area (Å²) in [6, 6.07) is 0. The molecule has 1 aliphatic carbocycles. The first kappa shape index (κ1) is 13.5. The minimum Gasteiger partial charge on any atom is -0.0956 e. The maximum Gasteiger partial charge on any atom is -0.0140 e. The summed E-state index contributed by atoms with van der Waals surface area (Å²) in [5.41, 5.74) is 1.36. The van der Waals surface area contributed by atoms with E-state index in [1.54, 1.807) is 0 Å². The van der Waals surface area contributed by atoms with E-state index in [0.29, 0.717) is 0 Å². The van der Waals surface area contributed by atoms with Crippen LogP contribution < -0.4 is 0 Å². The second-order valence-electron chi connectivity index (χ2n) is 5.21. The Morgan fingerprint density at radius 2 is 2.00 bits per heavy atom. The molecule has 0 radical (unpaired) electrons. The van der Waals surface area contributed by atoms with Gasteiger partial charge in [0.1, 0.15) is 0 Å². The van der Waals surface area contributed by atoms with E-state index >= 15 is 0 Å². The average Bonchev–Trinajstić information content (AvgIpc) is 2.31. The Bertz CT molecular complexity index is 236. The highest BCUT2D eigenvalue weighted by Crippen LogP contribution is 2.41. The molecule has 0 spiro atoms. The van der Waals surface area contributed by atoms with Crippen LogP contribution in [-0.2, 0) is 0 Å². The summed E-state index contributed by atoms with van der Waals surface area (Å²) in [5, 5.41) is 0. The lowest BCUT2D eigenvalue weighted by molar-refractivity contribution is 0.173. The van der Waals surface area contributed by atoms with E-state index in [9.17, 15) is 0 Å². The van der Waals surface area contributed by atoms with Crippen molar-refractivity contribution in [3.05, 3.63) is 24.3 Å². The van der Waals surface area contributed by atoms with Crippen LogP contribution in [0, 0.1) is 17.8 Å². The van der Waals surface area contributed by atoms with Crippen LogP contribution in [0.2, 0.25) is 0 Å². The van der Waals surface area contributed by atoms with E-state index in [-0.39, 0.29) is 0 Å². The molecule has 0 saturated heterocycles. The van der Waals surface area contributed by atoms with Crippen LogP contribution in [-0.4, -0.2) is 0 Å². The molecule has 1 fully saturated rings. The first-order valence-corrected chi connectivity index (χ1v) is 7.06. The predicted octanol–water partition coefficient (Wildman–Crippen LogP) is 5.36. The summed E-state index contributed by atoms with van der Waals surface area (Å²) >= 11 is 0. The molecule has 16 heavy (non-hydrogen) atoms. The fourth-order valence-electron chi connectivity index (χ4n) is 3.45. The molecular weight excluding hydrogens is 192 g/mol. The molecule has 0 nitrogen and oxygen atoms in total. The summed E-state index contributed by atoms with van der Waals surface area (Å²) in [4.78, 5) is 0. The second-order valence-corrected chi connectivity index (χ2v) is 5.21. The number of hydrogen-bond acceptors (Lipinski definition) is 0. The van der Waals surface area contributed by atoms with Gasteiger partial charge in [-0.25, -0.2) is 0 Å². The third-order valence-electron chi connectivity index (χ3n) is 4.31. The molecule has 1 saturated carbocycles. The third kappa shape index (κ3) is 3.23. The summed E-state index contributed by atoms with van der Waals surface area (Å²) < 4.78 is 0. The maximum absolute atomic E-state index is 4.27. The van der Waals surface area contributed by atoms with E-state index in [0.717, 1.165) is 17.8 Å². The van der Waals surface area contributed by atoms with Gasteiger partial charge in [-0.3, -0.25) is 0 Å². The molecular formula is C16H28. The number of hydrogen-bond donors (Lipinski definition) is 0. The Morgan fingerprint density at radius 1 is 1.31 bits per heavy atom. The third-order valence-corrected chi connectivity index (χ3v) is 4.31. The molecule has 0 heterocycles. The van der Waals surface area contributed by atoms with Gasteiger partial charge in [0, 0.05) is 0 Å². The van der Waals surface area contributed by atoms with Crippen LogP contribution >= 0.6 is 0 Å². The Labute approximate surface area is 102 Å². The summed E-state index contributed by atoms with van der Waals surface area (Å²) in [7, 11) is 0. The van der Waals surface area contributed by atoms with Gasteiger partial charge in [0.2, 0.25) is 0 Å². The molecule has 0 aromatic heterocycles. The Hall–Kier alpha value is -0.520. The van der Waals surface area contributed by atoms with Crippen molar-refractivity contribution in [1.29, 1.82) is 0 Å². The highest BCUT2D eigenvalue weighted by atomic mass is 14.3. The molecule has 1 rings (SSSR count). The van der Waals surface area contributed by atoms with Crippen molar-refractivity contribution in [2.75, 3.05) is 0 Å². The largest absolute Gasteiger partial charge is 0.0956 e. The molecule has 0 heteroatoms. The SMILES string of the molecule is C=C(/C=C\C)C(CC)C1CCCCC1CC. The van der Waals surface area contributed by atoms with Crippen LogP contribution in [0.3, 0.4) is 0 Å². The molecule has 0 N–H and O–H groups in total. The van der Waals surface area contributed by atoms with E-state index in [4.69, 9.17) is 0 Å². The van der Waals surface area contributed by atoms with E-state index < -0.39 is 0 Å². The van der Waals surface area contributed by atoms with Crippen molar-refractivity contribution >= 4 is 0 Å². The minimum absolute atomic E-state index is 0.724. The van der Waals surface area contributed by atoms with Crippen molar-refractivity contribution in [2.24, 2.45) is 17.8 Å². The molecule has 92 valence electrons. The molecule has 0 amide bonds. The van der Waals surface area contributed by atoms with Crippen molar-refractivity contribution < 1.29 is 0 Å². The van der Waals surface area contributed by atoms with Gasteiger partial charge < -0.3 is 0 Å². The highest BCUT2D eigenvalue weighted by molar-refractivity contribution is 5.18. The van der Waals surface area contributed by atoms with E-state index in [1.807, 2.05) is 0 Å². The number of allylic oxidation sites excluding steroid dienone is 3. The van der Waals surface area contributed by atoms with Gasteiger partial charge in [-0.15, -0.1) is 0 Å². The number of rotatable bonds is 5. The summed E-state index contributed by atoms with van der Waals surface area (Å²) in [6.45, 7) is 11.0. The van der Waals surface area contributed by atoms with E-state index in [1.165, 1.54) is 44.1 Å². The second kappa shape index (κ2) is 6.93. The molecule has 0 aromatic carbocycles. The van der Waals surface area contributed by atoms with Gasteiger partial charge in [-0.2, -0.15) is 0 Å². The smallest absolute Gasteiger partial charge is 0.0140 e. The van der Waals surface area contributed by atoms with Gasteiger partial charge in [0.05, 0.1) is 0 Å². The van der Waals surface area contributed by atoms with Crippen molar-refractivity contribution in [2.45, 2.75) is 59.3 Å². The Kier molecular flexibility index (Phi) is 5.87. The average molecular weight is 220 g/mol. The molecule has 0 aromatic rings. The van der Waals surface area contributed by atoms with Gasteiger partial charge in [0.25, 0.3) is 0 Å². The zero-order chi connectivity index (χ0) is 12.0. The zero-order valence-electron chi connectivity index (χ0n) is 11.3. The van der Waals surface area contributed by atoms with Gasteiger partial charge >= 0.3 is 0 Å². The first-order chi connectivity index (χ1) is 7.74. The summed E-state index contributed by atoms with van der Waals surface area (Å²) in [6.07, 6.45) is 12.7. The fraction of sp³-hybridized carbons (Fsp3) is 0.750. The molecule has 0 bridgehead atoms. The zero-order valence-corrected chi connectivity index (χ0v) is 11.3. The standard InChI is InChI=1S/C16H28/c1-5-10-13(4)15(7-3)16-12-9-8-11-14(16)6-2/h5,10,14-16H,4,6-9,11-12H2,1-3H3/b10-5-. The lowest BCUT2D eigenvalue weighted by Gasteiger charge is -2.37. The van der Waals surface area contributed by atoms with E-state index in [2.05, 4.69) is 39.5 Å². The predicted molar refractivity (Wildman–Crippen MR) is 73.5 cm³/mol. The van der Waals surface area contributed by atoms with Gasteiger partial charge in [-0.05, 0) is 37.5 Å². The van der Waals surface area contributed by atoms with Crippen LogP contribution in [0.25, 0.3) is 0 Å². The molecule has 0 aliphatic heterocycles. The normalized spacial score (nSPS) is 28.2. The quantitative estimate of drug-likeness (QED) is 0.547. The Morgan fingerprint density at radius 3 is 2.56 bits per heavy atom. The molecule has 1 aliphatic rings. The monoisotopic (exact) mass is 220 g/mol. The molecule has 3 atom stereocenters. The van der Waals surface area contributed by atoms with Crippen LogP contribution in [0.5, 0.6) is 0 Å². The van der Waals surface area contributed by atoms with Gasteiger partial charge in [0.15, 0.2) is 0 Å². The lowest BCUT2D eigenvalue weighted by atomic mass is 9.68. The van der Waals surface area contributed by atoms with Gasteiger partial charge in [-0.1, -0.05) is 63.8 Å². The maximum atomic E-state index is 4.27. The highest BCUT2D eigenvalue weighted by Gasteiger charge is 2.30. The summed E-state index contributed by atoms with van der Waals surface area (Å²) in [5.74, 6) is 2.56. The van der Waals surface area contributed by atoms with Crippen LogP contribution in [0.1, 0.15) is 59.3 Å². The van der Waals surface area contributed by atoms with Crippen molar-refractivity contribution in [1.82, 2.24) is 0 Å².